The number of rotatable bonds is 8. The average Bonchev–Trinajstić information content (AvgIpc) is 2.86. The third-order valence-electron chi connectivity index (χ3n) is 4.79. The molecule has 0 aliphatic carbocycles. The molecule has 35 heavy (non-hydrogen) atoms. The van der Waals surface area contributed by atoms with E-state index in [9.17, 15) is 22.8 Å². The van der Waals surface area contributed by atoms with Crippen molar-refractivity contribution in [3.05, 3.63) is 89.5 Å². The summed E-state index contributed by atoms with van der Waals surface area (Å²) >= 11 is 0. The quantitative estimate of drug-likeness (QED) is 0.351. The number of aryl methyl sites for hydroxylation is 1. The largest absolute Gasteiger partial charge is 0.497 e. The number of methoxy groups -OCH3 is 1. The molecular weight excluding hydrogens is 472 g/mol. The third kappa shape index (κ3) is 7.05. The van der Waals surface area contributed by atoms with Crippen LogP contribution in [0.4, 0.5) is 5.69 Å². The number of sulfonamides is 1. The number of ether oxygens (including phenoxy) is 1. The molecule has 0 fully saturated rings. The van der Waals surface area contributed by atoms with E-state index < -0.39 is 27.7 Å². The van der Waals surface area contributed by atoms with Crippen LogP contribution in [0.15, 0.2) is 77.7 Å². The Labute approximate surface area is 202 Å². The maximum Gasteiger partial charge on any atom is 0.269 e. The fourth-order valence-electron chi connectivity index (χ4n) is 2.89. The van der Waals surface area contributed by atoms with E-state index in [2.05, 4.69) is 20.9 Å². The van der Waals surface area contributed by atoms with Gasteiger partial charge in [0.15, 0.2) is 0 Å². The van der Waals surface area contributed by atoms with Gasteiger partial charge in [-0.15, -0.1) is 0 Å². The number of hydrogen-bond acceptors (Lipinski definition) is 6. The summed E-state index contributed by atoms with van der Waals surface area (Å²) in [4.78, 5) is 36.3. The maximum atomic E-state index is 12.7. The van der Waals surface area contributed by atoms with Crippen LogP contribution in [0.5, 0.6) is 5.75 Å². The van der Waals surface area contributed by atoms with E-state index in [4.69, 9.17) is 4.74 Å². The number of hydrazine groups is 1. The van der Waals surface area contributed by atoms with Crippen molar-refractivity contribution in [2.45, 2.75) is 11.8 Å². The first-order valence-corrected chi connectivity index (χ1v) is 11.9. The Morgan fingerprint density at radius 2 is 1.51 bits per heavy atom. The second kappa shape index (κ2) is 11.2. The summed E-state index contributed by atoms with van der Waals surface area (Å²) in [6, 6.07) is 18.4. The number of hydrogen-bond donors (Lipinski definition) is 4. The van der Waals surface area contributed by atoms with Gasteiger partial charge in [0.25, 0.3) is 27.7 Å². The molecule has 0 spiro atoms. The number of carbonyl (C=O) groups is 3. The van der Waals surface area contributed by atoms with Crippen LogP contribution in [0, 0.1) is 6.92 Å². The first-order valence-electron chi connectivity index (χ1n) is 10.4. The summed E-state index contributed by atoms with van der Waals surface area (Å²) in [7, 11) is -2.47. The Kier molecular flexibility index (Phi) is 8.05. The second-order valence-corrected chi connectivity index (χ2v) is 9.10. The van der Waals surface area contributed by atoms with E-state index in [0.717, 1.165) is 5.56 Å². The molecule has 0 atom stereocenters. The fourth-order valence-corrected chi connectivity index (χ4v) is 3.99. The Hall–Kier alpha value is -4.38. The van der Waals surface area contributed by atoms with Gasteiger partial charge in [-0.05, 0) is 61.5 Å². The summed E-state index contributed by atoms with van der Waals surface area (Å²) in [6.07, 6.45) is 0. The first kappa shape index (κ1) is 25.2. The van der Waals surface area contributed by atoms with Gasteiger partial charge in [-0.2, -0.15) is 0 Å². The average molecular weight is 497 g/mol. The van der Waals surface area contributed by atoms with Crippen molar-refractivity contribution in [2.75, 3.05) is 18.4 Å². The topological polar surface area (TPSA) is 143 Å². The van der Waals surface area contributed by atoms with Gasteiger partial charge in [0.2, 0.25) is 0 Å². The van der Waals surface area contributed by atoms with Crippen LogP contribution >= 0.6 is 0 Å². The minimum Gasteiger partial charge on any atom is -0.497 e. The van der Waals surface area contributed by atoms with E-state index in [1.54, 1.807) is 48.5 Å². The van der Waals surface area contributed by atoms with E-state index in [1.807, 2.05) is 6.92 Å². The van der Waals surface area contributed by atoms with Gasteiger partial charge in [0.05, 0.1) is 18.6 Å². The normalized spacial score (nSPS) is 10.7. The molecule has 11 heteroatoms. The Bertz CT molecular complexity index is 1320. The molecule has 0 aliphatic heterocycles. The first-order chi connectivity index (χ1) is 16.7. The minimum absolute atomic E-state index is 0.00611. The van der Waals surface area contributed by atoms with Crippen molar-refractivity contribution < 1.29 is 27.5 Å². The number of amides is 3. The molecule has 0 saturated carbocycles. The van der Waals surface area contributed by atoms with Gasteiger partial charge < -0.3 is 10.1 Å². The minimum atomic E-state index is -3.97. The van der Waals surface area contributed by atoms with E-state index in [1.165, 1.54) is 31.4 Å². The molecule has 0 aromatic heterocycles. The monoisotopic (exact) mass is 496 g/mol. The van der Waals surface area contributed by atoms with Gasteiger partial charge in [-0.25, -0.2) is 8.42 Å². The van der Waals surface area contributed by atoms with Crippen LogP contribution < -0.4 is 25.6 Å². The number of anilines is 1. The molecule has 0 bridgehead atoms. The molecule has 3 aromatic rings. The van der Waals surface area contributed by atoms with E-state index >= 15 is 0 Å². The molecule has 182 valence electrons. The molecule has 4 N–H and O–H groups in total. The predicted molar refractivity (Wildman–Crippen MR) is 129 cm³/mol. The summed E-state index contributed by atoms with van der Waals surface area (Å²) in [6.45, 7) is 1.52. The van der Waals surface area contributed by atoms with Gasteiger partial charge in [-0.3, -0.25) is 30.0 Å². The predicted octanol–water partition coefficient (Wildman–Crippen LogP) is 2.00. The van der Waals surface area contributed by atoms with Crippen molar-refractivity contribution in [1.82, 2.24) is 16.2 Å². The molecule has 0 saturated heterocycles. The van der Waals surface area contributed by atoms with Crippen LogP contribution in [-0.4, -0.2) is 39.8 Å². The Morgan fingerprint density at radius 3 is 2.17 bits per heavy atom. The van der Waals surface area contributed by atoms with Crippen molar-refractivity contribution in [1.29, 1.82) is 0 Å². The van der Waals surface area contributed by atoms with Crippen LogP contribution in [0.25, 0.3) is 0 Å². The van der Waals surface area contributed by atoms with E-state index in [0.29, 0.717) is 17.0 Å². The zero-order valence-electron chi connectivity index (χ0n) is 19.0. The number of nitrogens with one attached hydrogen (secondary N) is 4. The lowest BCUT2D eigenvalue weighted by atomic mass is 10.1. The molecule has 3 rings (SSSR count). The van der Waals surface area contributed by atoms with Gasteiger partial charge >= 0.3 is 0 Å². The smallest absolute Gasteiger partial charge is 0.269 e. The third-order valence-corrected chi connectivity index (χ3v) is 6.17. The van der Waals surface area contributed by atoms with Crippen molar-refractivity contribution >= 4 is 33.4 Å². The highest BCUT2D eigenvalue weighted by atomic mass is 32.2. The van der Waals surface area contributed by atoms with Crippen LogP contribution in [-0.2, 0) is 14.8 Å². The van der Waals surface area contributed by atoms with Gasteiger partial charge in [0, 0.05) is 16.8 Å². The summed E-state index contributed by atoms with van der Waals surface area (Å²) in [5.74, 6) is -1.26. The molecular formula is C24H24N4O6S. The SMILES string of the molecule is COc1ccc(NS(=O)(=O)c2cccc(C(=O)NNC(=O)CNC(=O)c3ccc(C)cc3)c2)cc1. The fraction of sp³-hybridized carbons (Fsp3) is 0.125. The zero-order valence-corrected chi connectivity index (χ0v) is 19.8. The zero-order chi connectivity index (χ0) is 25.4. The maximum absolute atomic E-state index is 12.7. The van der Waals surface area contributed by atoms with Crippen molar-refractivity contribution in [3.63, 3.8) is 0 Å². The molecule has 0 unspecified atom stereocenters. The Morgan fingerprint density at radius 1 is 0.829 bits per heavy atom. The van der Waals surface area contributed by atoms with Crippen LogP contribution in [0.2, 0.25) is 0 Å². The summed E-state index contributed by atoms with van der Waals surface area (Å²) < 4.78 is 32.9. The standard InChI is InChI=1S/C24H24N4O6S/c1-16-6-8-17(9-7-16)23(30)25-15-22(29)26-27-24(31)18-4-3-5-21(14-18)35(32,33)28-19-10-12-20(34-2)13-11-19/h3-14,28H,15H2,1-2H3,(H,25,30)(H,26,29)(H,27,31). The molecule has 3 aromatic carbocycles. The highest BCUT2D eigenvalue weighted by Gasteiger charge is 2.17. The highest BCUT2D eigenvalue weighted by Crippen LogP contribution is 2.20. The van der Waals surface area contributed by atoms with Gasteiger partial charge in [-0.1, -0.05) is 23.8 Å². The molecule has 10 nitrogen and oxygen atoms in total. The molecule has 0 aliphatic rings. The number of benzene rings is 3. The molecule has 0 heterocycles. The van der Waals surface area contributed by atoms with Gasteiger partial charge in [0.1, 0.15) is 5.75 Å². The number of carbonyl (C=O) groups excluding carboxylic acids is 3. The van der Waals surface area contributed by atoms with Crippen molar-refractivity contribution in [3.8, 4) is 5.75 Å². The van der Waals surface area contributed by atoms with Crippen LogP contribution in [0.1, 0.15) is 26.3 Å². The molecule has 0 radical (unpaired) electrons. The lowest BCUT2D eigenvalue weighted by Crippen LogP contribution is -2.46. The summed E-state index contributed by atoms with van der Waals surface area (Å²) in [5.41, 5.74) is 6.09. The molecule has 3 amide bonds. The highest BCUT2D eigenvalue weighted by molar-refractivity contribution is 7.92. The summed E-state index contributed by atoms with van der Waals surface area (Å²) in [5, 5.41) is 2.44. The van der Waals surface area contributed by atoms with E-state index in [-0.39, 0.29) is 17.0 Å². The lowest BCUT2D eigenvalue weighted by molar-refractivity contribution is -0.120. The second-order valence-electron chi connectivity index (χ2n) is 7.41. The van der Waals surface area contributed by atoms with Crippen LogP contribution in [0.3, 0.4) is 0 Å². The Balaban J connectivity index is 1.55. The van der Waals surface area contributed by atoms with Crippen molar-refractivity contribution in [2.24, 2.45) is 0 Å². The lowest BCUT2D eigenvalue weighted by Gasteiger charge is -2.11.